The summed E-state index contributed by atoms with van der Waals surface area (Å²) >= 11 is 0. The summed E-state index contributed by atoms with van der Waals surface area (Å²) in [5.74, 6) is 3.14. The Bertz CT molecular complexity index is 910. The highest BCUT2D eigenvalue weighted by atomic mass is 16.5. The highest BCUT2D eigenvalue weighted by Gasteiger charge is 2.27. The predicted molar refractivity (Wildman–Crippen MR) is 118 cm³/mol. The van der Waals surface area contributed by atoms with Gasteiger partial charge < -0.3 is 18.8 Å². The van der Waals surface area contributed by atoms with Crippen LogP contribution < -0.4 is 9.47 Å². The quantitative estimate of drug-likeness (QED) is 0.634. The van der Waals surface area contributed by atoms with Gasteiger partial charge in [0, 0.05) is 38.2 Å². The lowest BCUT2D eigenvalue weighted by Crippen LogP contribution is -2.41. The lowest BCUT2D eigenvalue weighted by atomic mass is 9.98. The molecule has 2 saturated heterocycles. The molecule has 0 spiro atoms. The zero-order chi connectivity index (χ0) is 21.8. The van der Waals surface area contributed by atoms with Gasteiger partial charge in [0.1, 0.15) is 17.3 Å². The Labute approximate surface area is 184 Å². The van der Waals surface area contributed by atoms with Crippen LogP contribution in [-0.4, -0.2) is 60.6 Å². The van der Waals surface area contributed by atoms with Gasteiger partial charge in [-0.15, -0.1) is 0 Å². The number of likely N-dealkylation sites (tertiary alicyclic amines) is 2. The second-order valence-corrected chi connectivity index (χ2v) is 8.48. The smallest absolute Gasteiger partial charge is 0.230 e. The highest BCUT2D eigenvalue weighted by molar-refractivity contribution is 5.78. The van der Waals surface area contributed by atoms with Gasteiger partial charge in [0.25, 0.3) is 0 Å². The van der Waals surface area contributed by atoms with Gasteiger partial charge in [-0.05, 0) is 51.3 Å². The second-order valence-electron chi connectivity index (χ2n) is 8.48. The molecular weight excluding hydrogens is 394 g/mol. The van der Waals surface area contributed by atoms with E-state index in [9.17, 15) is 4.79 Å². The first-order valence-corrected chi connectivity index (χ1v) is 11.3. The molecule has 0 N–H and O–H groups in total. The van der Waals surface area contributed by atoms with Crippen molar-refractivity contribution < 1.29 is 18.7 Å². The number of aromatic nitrogens is 1. The number of hydrogen-bond donors (Lipinski definition) is 0. The van der Waals surface area contributed by atoms with E-state index in [2.05, 4.69) is 4.90 Å². The topological polar surface area (TPSA) is 68.0 Å². The summed E-state index contributed by atoms with van der Waals surface area (Å²) in [6.07, 6.45) is 6.38. The standard InChI is InChI=1S/C24H33N3O4/c1-17-21(25-24(31-17)20-10-9-19(29-2)15-22(20)30-3)16-27-12-5-4-7-18(27)11-14-26-13-6-8-23(26)28/h9-10,15,18H,4-8,11-14,16H2,1-3H3/t18-/m0/s1. The Morgan fingerprint density at radius 1 is 1.16 bits per heavy atom. The van der Waals surface area contributed by atoms with Crippen LogP contribution in [0.4, 0.5) is 0 Å². The van der Waals surface area contributed by atoms with Crippen LogP contribution in [0, 0.1) is 6.92 Å². The van der Waals surface area contributed by atoms with Crippen molar-refractivity contribution in [1.29, 1.82) is 0 Å². The molecule has 7 nitrogen and oxygen atoms in total. The maximum Gasteiger partial charge on any atom is 0.230 e. The first-order chi connectivity index (χ1) is 15.1. The van der Waals surface area contributed by atoms with Crippen LogP contribution in [0.1, 0.15) is 50.0 Å². The van der Waals surface area contributed by atoms with Crippen LogP contribution in [0.25, 0.3) is 11.5 Å². The Balaban J connectivity index is 1.47. The third-order valence-electron chi connectivity index (χ3n) is 6.54. The number of rotatable bonds is 8. The summed E-state index contributed by atoms with van der Waals surface area (Å²) in [7, 11) is 3.27. The summed E-state index contributed by atoms with van der Waals surface area (Å²) in [5.41, 5.74) is 1.79. The van der Waals surface area contributed by atoms with Crippen molar-refractivity contribution in [1.82, 2.24) is 14.8 Å². The van der Waals surface area contributed by atoms with Gasteiger partial charge >= 0.3 is 0 Å². The van der Waals surface area contributed by atoms with E-state index >= 15 is 0 Å². The fourth-order valence-corrected chi connectivity index (χ4v) is 4.70. The molecule has 0 saturated carbocycles. The van der Waals surface area contributed by atoms with Gasteiger partial charge in [0.2, 0.25) is 11.8 Å². The summed E-state index contributed by atoms with van der Waals surface area (Å²) < 4.78 is 16.9. The average Bonchev–Trinajstić information content (AvgIpc) is 3.37. The lowest BCUT2D eigenvalue weighted by Gasteiger charge is -2.36. The van der Waals surface area contributed by atoms with E-state index in [1.807, 2.05) is 30.0 Å². The number of methoxy groups -OCH3 is 2. The largest absolute Gasteiger partial charge is 0.497 e. The van der Waals surface area contributed by atoms with Crippen LogP contribution in [0.15, 0.2) is 22.6 Å². The average molecular weight is 428 g/mol. The molecular formula is C24H33N3O4. The molecule has 1 amide bonds. The minimum absolute atomic E-state index is 0.313. The normalized spacial score (nSPS) is 19.8. The molecule has 1 aromatic carbocycles. The van der Waals surface area contributed by atoms with Crippen LogP contribution in [-0.2, 0) is 11.3 Å². The molecule has 168 valence electrons. The molecule has 2 aromatic rings. The molecule has 0 aliphatic carbocycles. The van der Waals surface area contributed by atoms with E-state index in [0.717, 1.165) is 61.8 Å². The van der Waals surface area contributed by atoms with Crippen molar-refractivity contribution in [2.75, 3.05) is 33.9 Å². The number of nitrogens with zero attached hydrogens (tertiary/aromatic N) is 3. The summed E-state index contributed by atoms with van der Waals surface area (Å²) in [6, 6.07) is 6.13. The minimum Gasteiger partial charge on any atom is -0.497 e. The maximum atomic E-state index is 12.0. The van der Waals surface area contributed by atoms with E-state index < -0.39 is 0 Å². The minimum atomic E-state index is 0.313. The summed E-state index contributed by atoms with van der Waals surface area (Å²) in [6.45, 7) is 5.59. The number of carbonyl (C=O) groups excluding carboxylic acids is 1. The van der Waals surface area contributed by atoms with Crippen molar-refractivity contribution in [2.24, 2.45) is 0 Å². The summed E-state index contributed by atoms with van der Waals surface area (Å²) in [4.78, 5) is 21.3. The molecule has 1 atom stereocenters. The molecule has 2 fully saturated rings. The zero-order valence-corrected chi connectivity index (χ0v) is 18.9. The Hall–Kier alpha value is -2.54. The number of ether oxygens (including phenoxy) is 2. The Kier molecular flexibility index (Phi) is 6.80. The van der Waals surface area contributed by atoms with E-state index in [-0.39, 0.29) is 0 Å². The van der Waals surface area contributed by atoms with Gasteiger partial charge in [0.15, 0.2) is 0 Å². The molecule has 4 rings (SSSR count). The SMILES string of the molecule is COc1ccc(-c2nc(CN3CCCC[C@H]3CCN3CCCC3=O)c(C)o2)c(OC)c1. The van der Waals surface area contributed by atoms with Crippen LogP contribution in [0.3, 0.4) is 0 Å². The number of hydrogen-bond acceptors (Lipinski definition) is 6. The first kappa shape index (κ1) is 21.7. The fourth-order valence-electron chi connectivity index (χ4n) is 4.70. The van der Waals surface area contributed by atoms with Crippen LogP contribution in [0.5, 0.6) is 11.5 Å². The lowest BCUT2D eigenvalue weighted by molar-refractivity contribution is -0.127. The number of carbonyl (C=O) groups is 1. The molecule has 0 radical (unpaired) electrons. The van der Waals surface area contributed by atoms with Gasteiger partial charge in [-0.2, -0.15) is 0 Å². The van der Waals surface area contributed by atoms with Crippen molar-refractivity contribution >= 4 is 5.91 Å². The van der Waals surface area contributed by atoms with Gasteiger partial charge in [0.05, 0.1) is 25.5 Å². The van der Waals surface area contributed by atoms with Crippen molar-refractivity contribution in [3.05, 3.63) is 29.7 Å². The van der Waals surface area contributed by atoms with Crippen molar-refractivity contribution in [3.8, 4) is 23.0 Å². The van der Waals surface area contributed by atoms with Gasteiger partial charge in [-0.3, -0.25) is 9.69 Å². The number of benzene rings is 1. The zero-order valence-electron chi connectivity index (χ0n) is 18.9. The molecule has 0 bridgehead atoms. The van der Waals surface area contributed by atoms with E-state index in [0.29, 0.717) is 30.0 Å². The van der Waals surface area contributed by atoms with E-state index in [1.54, 1.807) is 14.2 Å². The Morgan fingerprint density at radius 2 is 2.03 bits per heavy atom. The summed E-state index contributed by atoms with van der Waals surface area (Å²) in [5, 5.41) is 0. The molecule has 7 heteroatoms. The molecule has 0 unspecified atom stereocenters. The van der Waals surface area contributed by atoms with E-state index in [1.165, 1.54) is 19.3 Å². The number of piperidine rings is 1. The monoisotopic (exact) mass is 427 g/mol. The number of oxazole rings is 1. The van der Waals surface area contributed by atoms with Gasteiger partial charge in [-0.25, -0.2) is 4.98 Å². The third-order valence-corrected chi connectivity index (χ3v) is 6.54. The number of amides is 1. The number of aryl methyl sites for hydroxylation is 1. The Morgan fingerprint density at radius 3 is 2.77 bits per heavy atom. The third kappa shape index (κ3) is 4.87. The predicted octanol–water partition coefficient (Wildman–Crippen LogP) is 4.03. The molecule has 3 heterocycles. The molecule has 1 aromatic heterocycles. The molecule has 31 heavy (non-hydrogen) atoms. The van der Waals surface area contributed by atoms with Crippen LogP contribution >= 0.6 is 0 Å². The van der Waals surface area contributed by atoms with Crippen molar-refractivity contribution in [2.45, 2.75) is 58.0 Å². The second kappa shape index (κ2) is 9.73. The van der Waals surface area contributed by atoms with Crippen molar-refractivity contribution in [3.63, 3.8) is 0 Å². The maximum absolute atomic E-state index is 12.0. The first-order valence-electron chi connectivity index (χ1n) is 11.3. The van der Waals surface area contributed by atoms with Gasteiger partial charge in [-0.1, -0.05) is 6.42 Å². The molecule has 2 aliphatic rings. The van der Waals surface area contributed by atoms with E-state index in [4.69, 9.17) is 18.9 Å². The highest BCUT2D eigenvalue weighted by Crippen LogP contribution is 2.34. The molecule has 2 aliphatic heterocycles. The fraction of sp³-hybridized carbons (Fsp3) is 0.583. The van der Waals surface area contributed by atoms with Crippen LogP contribution in [0.2, 0.25) is 0 Å².